The molecule has 0 unspecified atom stereocenters. The van der Waals surface area contributed by atoms with Crippen LogP contribution in [0.2, 0.25) is 0 Å². The number of aryl methyl sites for hydroxylation is 1. The van der Waals surface area contributed by atoms with Gasteiger partial charge in [0.15, 0.2) is 0 Å². The van der Waals surface area contributed by atoms with Crippen molar-refractivity contribution >= 4 is 0 Å². The summed E-state index contributed by atoms with van der Waals surface area (Å²) in [6.07, 6.45) is 2.03. The van der Waals surface area contributed by atoms with Gasteiger partial charge >= 0.3 is 0 Å². The molecule has 2 aromatic rings. The summed E-state index contributed by atoms with van der Waals surface area (Å²) in [4.78, 5) is 0. The third-order valence-electron chi connectivity index (χ3n) is 3.84. The highest BCUT2D eigenvalue weighted by Gasteiger charge is 2.17. The smallest absolute Gasteiger partial charge is 0.131 e. The molecule has 3 rings (SSSR count). The molecule has 0 amide bonds. The lowest BCUT2D eigenvalue weighted by atomic mass is 9.96. The van der Waals surface area contributed by atoms with E-state index < -0.39 is 0 Å². The zero-order valence-corrected chi connectivity index (χ0v) is 12.3. The molecule has 0 saturated heterocycles. The van der Waals surface area contributed by atoms with E-state index in [9.17, 15) is 4.39 Å². The van der Waals surface area contributed by atoms with Crippen molar-refractivity contribution in [1.82, 2.24) is 5.32 Å². The minimum Gasteiger partial charge on any atom is -0.493 e. The van der Waals surface area contributed by atoms with Gasteiger partial charge in [0.1, 0.15) is 11.6 Å². The minimum atomic E-state index is -0.187. The van der Waals surface area contributed by atoms with Crippen LogP contribution in [0.3, 0.4) is 0 Å². The summed E-state index contributed by atoms with van der Waals surface area (Å²) in [7, 11) is 0. The Balaban J connectivity index is 1.97. The Morgan fingerprint density at radius 3 is 2.90 bits per heavy atom. The van der Waals surface area contributed by atoms with E-state index in [4.69, 9.17) is 4.74 Å². The molecule has 1 aliphatic rings. The molecule has 0 aliphatic carbocycles. The molecule has 0 fully saturated rings. The van der Waals surface area contributed by atoms with Crippen LogP contribution in [-0.4, -0.2) is 13.2 Å². The van der Waals surface area contributed by atoms with Gasteiger partial charge in [0, 0.05) is 17.7 Å². The Kier molecular flexibility index (Phi) is 4.20. The Bertz CT molecular complexity index is 639. The lowest BCUT2D eigenvalue weighted by Crippen LogP contribution is -2.12. The number of rotatable bonds is 4. The number of para-hydroxylation sites is 1. The number of hydrogen-bond acceptors (Lipinski definition) is 2. The second kappa shape index (κ2) is 6.27. The standard InChI is InChI=1S/C18H20FNO/c1-2-20-12-13-8-9-15(17(19)11-13)16-7-3-5-14-6-4-10-21-18(14)16/h3,5,7-9,11,20H,2,4,6,10,12H2,1H3. The van der Waals surface area contributed by atoms with Gasteiger partial charge in [-0.2, -0.15) is 0 Å². The van der Waals surface area contributed by atoms with Gasteiger partial charge in [0.25, 0.3) is 0 Å². The average molecular weight is 285 g/mol. The van der Waals surface area contributed by atoms with Gasteiger partial charge in [-0.15, -0.1) is 0 Å². The first-order valence-electron chi connectivity index (χ1n) is 7.54. The van der Waals surface area contributed by atoms with E-state index in [0.717, 1.165) is 36.3 Å². The van der Waals surface area contributed by atoms with Gasteiger partial charge in [-0.1, -0.05) is 37.3 Å². The van der Waals surface area contributed by atoms with Gasteiger partial charge in [-0.3, -0.25) is 0 Å². The Hall–Kier alpha value is -1.87. The largest absolute Gasteiger partial charge is 0.493 e. The van der Waals surface area contributed by atoms with E-state index in [1.807, 2.05) is 31.2 Å². The third kappa shape index (κ3) is 2.93. The third-order valence-corrected chi connectivity index (χ3v) is 3.84. The summed E-state index contributed by atoms with van der Waals surface area (Å²) in [5.74, 6) is 0.662. The monoisotopic (exact) mass is 285 g/mol. The molecule has 1 heterocycles. The van der Waals surface area contributed by atoms with Crippen LogP contribution >= 0.6 is 0 Å². The van der Waals surface area contributed by atoms with Crippen LogP contribution in [0.25, 0.3) is 11.1 Å². The highest BCUT2D eigenvalue weighted by molar-refractivity contribution is 5.73. The molecule has 3 heteroatoms. The molecule has 1 N–H and O–H groups in total. The fourth-order valence-corrected chi connectivity index (χ4v) is 2.76. The van der Waals surface area contributed by atoms with Crippen molar-refractivity contribution in [2.45, 2.75) is 26.3 Å². The predicted molar refractivity (Wildman–Crippen MR) is 83.0 cm³/mol. The normalized spacial score (nSPS) is 13.6. The van der Waals surface area contributed by atoms with Crippen LogP contribution in [0.15, 0.2) is 36.4 Å². The van der Waals surface area contributed by atoms with E-state index in [-0.39, 0.29) is 5.82 Å². The molecule has 0 bridgehead atoms. The first-order valence-corrected chi connectivity index (χ1v) is 7.54. The van der Waals surface area contributed by atoms with Crippen molar-refractivity contribution in [3.63, 3.8) is 0 Å². The summed E-state index contributed by atoms with van der Waals surface area (Å²) in [5.41, 5.74) is 3.62. The molecule has 0 aromatic heterocycles. The number of ether oxygens (including phenoxy) is 1. The van der Waals surface area contributed by atoms with Crippen molar-refractivity contribution in [2.24, 2.45) is 0 Å². The summed E-state index contributed by atoms with van der Waals surface area (Å²) in [6.45, 7) is 4.32. The van der Waals surface area contributed by atoms with Crippen molar-refractivity contribution < 1.29 is 9.13 Å². The van der Waals surface area contributed by atoms with Crippen LogP contribution < -0.4 is 10.1 Å². The Morgan fingerprint density at radius 2 is 2.10 bits per heavy atom. The number of halogens is 1. The molecule has 2 aromatic carbocycles. The van der Waals surface area contributed by atoms with Crippen molar-refractivity contribution in [2.75, 3.05) is 13.2 Å². The van der Waals surface area contributed by atoms with Gasteiger partial charge < -0.3 is 10.1 Å². The second-order valence-corrected chi connectivity index (χ2v) is 5.34. The Labute approximate surface area is 125 Å². The fraction of sp³-hybridized carbons (Fsp3) is 0.333. The zero-order valence-electron chi connectivity index (χ0n) is 12.3. The lowest BCUT2D eigenvalue weighted by Gasteiger charge is -2.20. The van der Waals surface area contributed by atoms with Crippen molar-refractivity contribution in [3.05, 3.63) is 53.3 Å². The van der Waals surface area contributed by atoms with E-state index in [2.05, 4.69) is 11.4 Å². The number of fused-ring (bicyclic) bond motifs is 1. The zero-order chi connectivity index (χ0) is 14.7. The second-order valence-electron chi connectivity index (χ2n) is 5.34. The first kappa shape index (κ1) is 14.1. The molecule has 21 heavy (non-hydrogen) atoms. The van der Waals surface area contributed by atoms with Crippen LogP contribution in [0.4, 0.5) is 4.39 Å². The van der Waals surface area contributed by atoms with E-state index in [1.165, 1.54) is 5.56 Å². The quantitative estimate of drug-likeness (QED) is 0.919. The molecule has 110 valence electrons. The van der Waals surface area contributed by atoms with Crippen LogP contribution in [0.5, 0.6) is 5.75 Å². The van der Waals surface area contributed by atoms with Crippen LogP contribution in [0.1, 0.15) is 24.5 Å². The molecular formula is C18H20FNO. The maximum atomic E-state index is 14.4. The highest BCUT2D eigenvalue weighted by atomic mass is 19.1. The van der Waals surface area contributed by atoms with Gasteiger partial charge in [0.05, 0.1) is 6.61 Å². The topological polar surface area (TPSA) is 21.3 Å². The highest BCUT2D eigenvalue weighted by Crippen LogP contribution is 2.37. The molecule has 0 atom stereocenters. The fourth-order valence-electron chi connectivity index (χ4n) is 2.76. The number of nitrogens with one attached hydrogen (secondary N) is 1. The summed E-state index contributed by atoms with van der Waals surface area (Å²) < 4.78 is 20.2. The Morgan fingerprint density at radius 1 is 1.19 bits per heavy atom. The molecule has 2 nitrogen and oxygen atoms in total. The summed E-state index contributed by atoms with van der Waals surface area (Å²) >= 11 is 0. The maximum Gasteiger partial charge on any atom is 0.131 e. The van der Waals surface area contributed by atoms with E-state index in [1.54, 1.807) is 6.07 Å². The molecule has 0 radical (unpaired) electrons. The molecule has 1 aliphatic heterocycles. The van der Waals surface area contributed by atoms with E-state index >= 15 is 0 Å². The maximum absolute atomic E-state index is 14.4. The lowest BCUT2D eigenvalue weighted by molar-refractivity contribution is 0.289. The number of hydrogen-bond donors (Lipinski definition) is 1. The molecule has 0 spiro atoms. The van der Waals surface area contributed by atoms with Gasteiger partial charge in [-0.05, 0) is 36.6 Å². The predicted octanol–water partition coefficient (Wildman–Crippen LogP) is 3.93. The average Bonchev–Trinajstić information content (AvgIpc) is 2.53. The van der Waals surface area contributed by atoms with Gasteiger partial charge in [-0.25, -0.2) is 4.39 Å². The SMILES string of the molecule is CCNCc1ccc(-c2cccc3c2OCCC3)c(F)c1. The van der Waals surface area contributed by atoms with Crippen molar-refractivity contribution in [1.29, 1.82) is 0 Å². The van der Waals surface area contributed by atoms with Crippen molar-refractivity contribution in [3.8, 4) is 16.9 Å². The summed E-state index contributed by atoms with van der Waals surface area (Å²) in [5, 5.41) is 3.21. The van der Waals surface area contributed by atoms with E-state index in [0.29, 0.717) is 18.7 Å². The summed E-state index contributed by atoms with van der Waals surface area (Å²) in [6, 6.07) is 11.4. The van der Waals surface area contributed by atoms with Gasteiger partial charge in [0.2, 0.25) is 0 Å². The molecular weight excluding hydrogens is 265 g/mol. The van der Waals surface area contributed by atoms with Crippen LogP contribution in [-0.2, 0) is 13.0 Å². The molecule has 0 saturated carbocycles. The minimum absolute atomic E-state index is 0.187. The van der Waals surface area contributed by atoms with Crippen LogP contribution in [0, 0.1) is 5.82 Å². The number of benzene rings is 2. The first-order chi connectivity index (χ1) is 10.3.